The Hall–Kier alpha value is -3.20. The van der Waals surface area contributed by atoms with Crippen LogP contribution in [0.25, 0.3) is 10.9 Å². The van der Waals surface area contributed by atoms with E-state index in [0.717, 1.165) is 54.8 Å². The minimum atomic E-state index is -4.46. The standard InChI is InChI=1S/C30H35F3N4O2/c1-20(2)16-29(28(39)37-11-8-25-23(19-37)15-24(17-34-25)30(31,32)33)9-12-36(13-10-29)18-21-4-5-22-6-7-27(38)35(3)26(22)14-21/h4-7,14-15,17,20H,8-13,16,18-19H2,1-3H3. The molecule has 0 aliphatic carbocycles. The van der Waals surface area contributed by atoms with Crippen LogP contribution in [0.15, 0.2) is 47.4 Å². The van der Waals surface area contributed by atoms with Crippen molar-refractivity contribution in [3.8, 4) is 0 Å². The van der Waals surface area contributed by atoms with E-state index < -0.39 is 17.2 Å². The van der Waals surface area contributed by atoms with Gasteiger partial charge in [0.15, 0.2) is 0 Å². The van der Waals surface area contributed by atoms with Crippen LogP contribution in [0.4, 0.5) is 13.2 Å². The fourth-order valence-corrected chi connectivity index (χ4v) is 6.28. The van der Waals surface area contributed by atoms with Gasteiger partial charge in [-0.3, -0.25) is 19.5 Å². The fourth-order valence-electron chi connectivity index (χ4n) is 6.28. The van der Waals surface area contributed by atoms with Gasteiger partial charge in [0.1, 0.15) is 0 Å². The number of piperidine rings is 1. The van der Waals surface area contributed by atoms with Crippen molar-refractivity contribution in [2.24, 2.45) is 18.4 Å². The van der Waals surface area contributed by atoms with Crippen LogP contribution in [0, 0.1) is 11.3 Å². The number of likely N-dealkylation sites (tertiary alicyclic amines) is 1. The van der Waals surface area contributed by atoms with Gasteiger partial charge in [-0.1, -0.05) is 26.0 Å². The second kappa shape index (κ2) is 10.4. The normalized spacial score (nSPS) is 18.0. The number of aromatic nitrogens is 2. The van der Waals surface area contributed by atoms with Crippen LogP contribution >= 0.6 is 0 Å². The maximum Gasteiger partial charge on any atom is 0.417 e. The second-order valence-electron chi connectivity index (χ2n) is 11.6. The Kier molecular flexibility index (Phi) is 7.31. The first-order valence-electron chi connectivity index (χ1n) is 13.6. The SMILES string of the molecule is CC(C)CC1(C(=O)N2CCc3ncc(C(F)(F)F)cc3C2)CCN(Cc2ccc3ccc(=O)n(C)c3c2)CC1. The molecule has 208 valence electrons. The molecule has 3 aromatic rings. The zero-order valence-corrected chi connectivity index (χ0v) is 22.7. The molecule has 0 saturated carbocycles. The summed E-state index contributed by atoms with van der Waals surface area (Å²) in [5, 5.41) is 1.02. The molecule has 0 spiro atoms. The summed E-state index contributed by atoms with van der Waals surface area (Å²) < 4.78 is 41.5. The molecule has 2 aliphatic rings. The minimum Gasteiger partial charge on any atom is -0.337 e. The summed E-state index contributed by atoms with van der Waals surface area (Å²) >= 11 is 0. The lowest BCUT2D eigenvalue weighted by atomic mass is 9.71. The highest BCUT2D eigenvalue weighted by molar-refractivity contribution is 5.83. The highest BCUT2D eigenvalue weighted by Crippen LogP contribution is 2.41. The third-order valence-corrected chi connectivity index (χ3v) is 8.32. The second-order valence-corrected chi connectivity index (χ2v) is 11.6. The van der Waals surface area contributed by atoms with Crippen LogP contribution in [0.1, 0.15) is 55.5 Å². The number of amides is 1. The quantitative estimate of drug-likeness (QED) is 0.448. The zero-order valence-electron chi connectivity index (χ0n) is 22.7. The van der Waals surface area contributed by atoms with Gasteiger partial charge < -0.3 is 9.47 Å². The Morgan fingerprint density at radius 1 is 1.08 bits per heavy atom. The van der Waals surface area contributed by atoms with Gasteiger partial charge in [-0.25, -0.2) is 0 Å². The molecule has 0 N–H and O–H groups in total. The van der Waals surface area contributed by atoms with Crippen LogP contribution < -0.4 is 5.56 Å². The molecule has 6 nitrogen and oxygen atoms in total. The van der Waals surface area contributed by atoms with Crippen LogP contribution in [-0.4, -0.2) is 44.9 Å². The number of hydrogen-bond acceptors (Lipinski definition) is 4. The molecule has 0 unspecified atom stereocenters. The third kappa shape index (κ3) is 5.60. The highest BCUT2D eigenvalue weighted by Gasteiger charge is 2.44. The molecular formula is C30H35F3N4O2. The molecule has 0 bridgehead atoms. The molecule has 2 aliphatic heterocycles. The first-order chi connectivity index (χ1) is 18.4. The molecule has 1 saturated heterocycles. The number of rotatable bonds is 5. The Labute approximate surface area is 226 Å². The molecule has 1 aromatic carbocycles. The molecule has 5 rings (SSSR count). The number of halogens is 3. The summed E-state index contributed by atoms with van der Waals surface area (Å²) in [6.45, 7) is 7.13. The van der Waals surface area contributed by atoms with E-state index in [2.05, 4.69) is 35.9 Å². The van der Waals surface area contributed by atoms with Crippen molar-refractivity contribution in [1.29, 1.82) is 0 Å². The summed E-state index contributed by atoms with van der Waals surface area (Å²) in [5.41, 5.74) is 1.82. The largest absolute Gasteiger partial charge is 0.417 e. The van der Waals surface area contributed by atoms with Crippen LogP contribution in [0.3, 0.4) is 0 Å². The van der Waals surface area contributed by atoms with Gasteiger partial charge in [0.2, 0.25) is 5.91 Å². The van der Waals surface area contributed by atoms with Crippen molar-refractivity contribution in [3.05, 3.63) is 75.3 Å². The van der Waals surface area contributed by atoms with E-state index >= 15 is 0 Å². The lowest BCUT2D eigenvalue weighted by Crippen LogP contribution is -2.51. The molecule has 4 heterocycles. The summed E-state index contributed by atoms with van der Waals surface area (Å²) in [5.74, 6) is 0.373. The Balaban J connectivity index is 1.31. The average Bonchev–Trinajstić information content (AvgIpc) is 2.90. The number of alkyl halides is 3. The predicted octanol–water partition coefficient (Wildman–Crippen LogP) is 5.17. The van der Waals surface area contributed by atoms with E-state index in [4.69, 9.17) is 0 Å². The lowest BCUT2D eigenvalue weighted by molar-refractivity contribution is -0.147. The first-order valence-corrected chi connectivity index (χ1v) is 13.6. The van der Waals surface area contributed by atoms with Crippen LogP contribution in [0.5, 0.6) is 0 Å². The maximum absolute atomic E-state index is 14.0. The third-order valence-electron chi connectivity index (χ3n) is 8.32. The maximum atomic E-state index is 14.0. The van der Waals surface area contributed by atoms with Gasteiger partial charge in [-0.15, -0.1) is 0 Å². The van der Waals surface area contributed by atoms with Gasteiger partial charge in [-0.2, -0.15) is 13.2 Å². The Morgan fingerprint density at radius 3 is 2.49 bits per heavy atom. The van der Waals surface area contributed by atoms with E-state index in [1.807, 2.05) is 12.1 Å². The van der Waals surface area contributed by atoms with Gasteiger partial charge in [0.05, 0.1) is 16.5 Å². The van der Waals surface area contributed by atoms with E-state index in [1.165, 1.54) is 0 Å². The molecule has 9 heteroatoms. The summed E-state index contributed by atoms with van der Waals surface area (Å²) in [4.78, 5) is 34.3. The topological polar surface area (TPSA) is 58.4 Å². The van der Waals surface area contributed by atoms with Gasteiger partial charge in [0, 0.05) is 51.1 Å². The Morgan fingerprint density at radius 2 is 1.79 bits per heavy atom. The molecule has 1 amide bonds. The Bertz CT molecular complexity index is 1440. The number of aryl methyl sites for hydroxylation is 1. The number of benzene rings is 1. The van der Waals surface area contributed by atoms with E-state index in [0.29, 0.717) is 43.0 Å². The monoisotopic (exact) mass is 540 g/mol. The fraction of sp³-hybridized carbons (Fsp3) is 0.500. The molecule has 2 aromatic heterocycles. The summed E-state index contributed by atoms with van der Waals surface area (Å²) in [6.07, 6.45) is -0.933. The summed E-state index contributed by atoms with van der Waals surface area (Å²) in [7, 11) is 1.78. The van der Waals surface area contributed by atoms with Gasteiger partial charge in [0.25, 0.3) is 5.56 Å². The van der Waals surface area contributed by atoms with Crippen molar-refractivity contribution in [3.63, 3.8) is 0 Å². The number of nitrogens with zero attached hydrogens (tertiary/aromatic N) is 4. The van der Waals surface area contributed by atoms with Gasteiger partial charge >= 0.3 is 6.18 Å². The van der Waals surface area contributed by atoms with Crippen LogP contribution in [0.2, 0.25) is 0 Å². The first kappa shape index (κ1) is 27.4. The number of carbonyl (C=O) groups excluding carboxylic acids is 1. The molecule has 1 fully saturated rings. The van der Waals surface area contributed by atoms with Crippen molar-refractivity contribution in [1.82, 2.24) is 19.4 Å². The average molecular weight is 541 g/mol. The van der Waals surface area contributed by atoms with E-state index in [9.17, 15) is 22.8 Å². The number of hydrogen-bond donors (Lipinski definition) is 0. The molecular weight excluding hydrogens is 505 g/mol. The van der Waals surface area contributed by atoms with Crippen molar-refractivity contribution >= 4 is 16.8 Å². The number of carbonyl (C=O) groups is 1. The molecule has 0 atom stereocenters. The van der Waals surface area contributed by atoms with Crippen LogP contribution in [-0.2, 0) is 37.5 Å². The van der Waals surface area contributed by atoms with E-state index in [-0.39, 0.29) is 18.0 Å². The molecule has 39 heavy (non-hydrogen) atoms. The van der Waals surface area contributed by atoms with E-state index in [1.54, 1.807) is 22.6 Å². The zero-order chi connectivity index (χ0) is 27.9. The smallest absolute Gasteiger partial charge is 0.337 e. The number of pyridine rings is 2. The van der Waals surface area contributed by atoms with Gasteiger partial charge in [-0.05, 0) is 73.0 Å². The lowest BCUT2D eigenvalue weighted by Gasteiger charge is -2.45. The molecule has 0 radical (unpaired) electrons. The van der Waals surface area contributed by atoms with Crippen molar-refractivity contribution in [2.75, 3.05) is 19.6 Å². The minimum absolute atomic E-state index is 0.0413. The van der Waals surface area contributed by atoms with Crippen molar-refractivity contribution < 1.29 is 18.0 Å². The van der Waals surface area contributed by atoms with Crippen molar-refractivity contribution in [2.45, 2.75) is 58.8 Å². The predicted molar refractivity (Wildman–Crippen MR) is 144 cm³/mol. The highest BCUT2D eigenvalue weighted by atomic mass is 19.4. The number of fused-ring (bicyclic) bond motifs is 2. The summed E-state index contributed by atoms with van der Waals surface area (Å²) in [6, 6.07) is 10.7.